The molecule has 0 aliphatic carbocycles. The summed E-state index contributed by atoms with van der Waals surface area (Å²) >= 11 is 3.11. The number of ketones is 1. The van der Waals surface area contributed by atoms with Gasteiger partial charge in [0.1, 0.15) is 5.75 Å². The fourth-order valence-electron chi connectivity index (χ4n) is 1.43. The van der Waals surface area contributed by atoms with E-state index in [1.165, 1.54) is 19.1 Å². The molecule has 0 N–H and O–H groups in total. The highest BCUT2D eigenvalue weighted by molar-refractivity contribution is 9.10. The molecule has 1 atom stereocenters. The third kappa shape index (κ3) is 4.28. The van der Waals surface area contributed by atoms with Crippen LogP contribution in [0.3, 0.4) is 0 Å². The summed E-state index contributed by atoms with van der Waals surface area (Å²) in [4.78, 5) is 11.4. The molecule has 3 nitrogen and oxygen atoms in total. The first-order chi connectivity index (χ1) is 8.75. The second kappa shape index (κ2) is 6.11. The van der Waals surface area contributed by atoms with Crippen molar-refractivity contribution in [1.82, 2.24) is 0 Å². The summed E-state index contributed by atoms with van der Waals surface area (Å²) in [5.74, 6) is -3.60. The highest BCUT2D eigenvalue weighted by Gasteiger charge is 2.30. The number of alkyl halides is 2. The van der Waals surface area contributed by atoms with Gasteiger partial charge in [-0.25, -0.2) is 8.78 Å². The molecule has 1 rings (SSSR count). The number of Topliss-reactive ketones (excluding diaryl/α,β-unsaturated/α-hetero) is 1. The monoisotopic (exact) mass is 331 g/mol. The van der Waals surface area contributed by atoms with Crippen molar-refractivity contribution in [2.75, 3.05) is 0 Å². The number of carbonyl (C=O) groups is 1. The average Bonchev–Trinajstić information content (AvgIpc) is 2.30. The van der Waals surface area contributed by atoms with Crippen LogP contribution in [-0.2, 0) is 10.7 Å². The largest absolute Gasteiger partial charge is 0.482 e. The number of benzene rings is 1. The third-order valence-electron chi connectivity index (χ3n) is 2.43. The molecular formula is C13H12BrF2NO2. The van der Waals surface area contributed by atoms with Gasteiger partial charge in [-0.05, 0) is 25.1 Å². The molecule has 0 aliphatic rings. The van der Waals surface area contributed by atoms with E-state index < -0.39 is 17.8 Å². The van der Waals surface area contributed by atoms with E-state index in [4.69, 9.17) is 10.00 Å². The van der Waals surface area contributed by atoms with Crippen LogP contribution in [0.1, 0.15) is 25.8 Å². The predicted molar refractivity (Wildman–Crippen MR) is 69.0 cm³/mol. The molecular weight excluding hydrogens is 320 g/mol. The van der Waals surface area contributed by atoms with Crippen molar-refractivity contribution in [2.24, 2.45) is 0 Å². The van der Waals surface area contributed by atoms with Crippen LogP contribution in [-0.4, -0.2) is 11.9 Å². The number of ether oxygens (including phenoxy) is 1. The maximum atomic E-state index is 13.5. The Morgan fingerprint density at radius 2 is 2.21 bits per heavy atom. The summed E-state index contributed by atoms with van der Waals surface area (Å²) in [6.45, 7) is 2.18. The van der Waals surface area contributed by atoms with E-state index in [1.807, 2.05) is 0 Å². The minimum Gasteiger partial charge on any atom is -0.482 e. The van der Waals surface area contributed by atoms with Gasteiger partial charge in [0.2, 0.25) is 0 Å². The van der Waals surface area contributed by atoms with Gasteiger partial charge in [-0.1, -0.05) is 15.9 Å². The lowest BCUT2D eigenvalue weighted by Crippen LogP contribution is -2.24. The van der Waals surface area contributed by atoms with E-state index in [1.54, 1.807) is 12.1 Å². The molecule has 102 valence electrons. The quantitative estimate of drug-likeness (QED) is 0.824. The molecule has 0 radical (unpaired) electrons. The Balaban J connectivity index is 3.02. The fraction of sp³-hybridized carbons (Fsp3) is 0.385. The van der Waals surface area contributed by atoms with Gasteiger partial charge in [-0.15, -0.1) is 0 Å². The Labute approximate surface area is 118 Å². The molecule has 1 aromatic carbocycles. The second-order valence-corrected chi connectivity index (χ2v) is 5.01. The normalized spacial score (nSPS) is 12.6. The van der Waals surface area contributed by atoms with Gasteiger partial charge in [0.15, 0.2) is 11.9 Å². The molecule has 1 aromatic rings. The van der Waals surface area contributed by atoms with Crippen molar-refractivity contribution in [3.8, 4) is 11.8 Å². The first-order valence-electron chi connectivity index (χ1n) is 5.50. The first-order valence-corrected chi connectivity index (χ1v) is 6.29. The van der Waals surface area contributed by atoms with Crippen LogP contribution in [0.2, 0.25) is 0 Å². The lowest BCUT2D eigenvalue weighted by atomic mass is 10.1. The van der Waals surface area contributed by atoms with E-state index in [0.717, 1.165) is 6.92 Å². The van der Waals surface area contributed by atoms with Gasteiger partial charge < -0.3 is 4.74 Å². The van der Waals surface area contributed by atoms with Gasteiger partial charge >= 0.3 is 0 Å². The minimum atomic E-state index is -3.09. The zero-order valence-corrected chi connectivity index (χ0v) is 12.0. The van der Waals surface area contributed by atoms with Crippen molar-refractivity contribution < 1.29 is 18.3 Å². The third-order valence-corrected chi connectivity index (χ3v) is 2.92. The average molecular weight is 332 g/mol. The van der Waals surface area contributed by atoms with E-state index in [0.29, 0.717) is 4.47 Å². The zero-order valence-electron chi connectivity index (χ0n) is 10.4. The lowest BCUT2D eigenvalue weighted by molar-refractivity contribution is -0.124. The van der Waals surface area contributed by atoms with Gasteiger partial charge in [-0.3, -0.25) is 4.79 Å². The van der Waals surface area contributed by atoms with Crippen molar-refractivity contribution in [3.05, 3.63) is 28.2 Å². The van der Waals surface area contributed by atoms with Crippen LogP contribution in [0.5, 0.6) is 5.75 Å². The Hall–Kier alpha value is -1.48. The SMILES string of the molecule is C[C@H](Oc1ccc(Br)cc1C(C)(F)F)C(=O)CC#N. The number of halogens is 3. The molecule has 0 heterocycles. The van der Waals surface area contributed by atoms with Crippen LogP contribution in [0.4, 0.5) is 8.78 Å². The van der Waals surface area contributed by atoms with E-state index in [9.17, 15) is 13.6 Å². The van der Waals surface area contributed by atoms with E-state index in [2.05, 4.69) is 15.9 Å². The summed E-state index contributed by atoms with van der Waals surface area (Å²) < 4.78 is 32.6. The fourth-order valence-corrected chi connectivity index (χ4v) is 1.79. The van der Waals surface area contributed by atoms with Crippen LogP contribution in [0.25, 0.3) is 0 Å². The van der Waals surface area contributed by atoms with Crippen molar-refractivity contribution in [2.45, 2.75) is 32.3 Å². The number of hydrogen-bond donors (Lipinski definition) is 0. The summed E-state index contributed by atoms with van der Waals surface area (Å²) in [5.41, 5.74) is -0.307. The van der Waals surface area contributed by atoms with Crippen molar-refractivity contribution in [3.63, 3.8) is 0 Å². The first kappa shape index (κ1) is 15.6. The maximum absolute atomic E-state index is 13.5. The van der Waals surface area contributed by atoms with Gasteiger partial charge in [0.25, 0.3) is 5.92 Å². The molecule has 0 saturated carbocycles. The summed E-state index contributed by atoms with van der Waals surface area (Å²) in [5, 5.41) is 8.42. The molecule has 0 aliphatic heterocycles. The topological polar surface area (TPSA) is 50.1 Å². The molecule has 0 amide bonds. The minimum absolute atomic E-state index is 0.0607. The molecule has 0 spiro atoms. The molecule has 0 bridgehead atoms. The molecule has 19 heavy (non-hydrogen) atoms. The standard InChI is InChI=1S/C13H12BrF2NO2/c1-8(11(18)5-6-17)19-12-4-3-9(14)7-10(12)13(2,15)16/h3-4,7-8H,5H2,1-2H3/t8-/m0/s1. The Morgan fingerprint density at radius 1 is 1.58 bits per heavy atom. The maximum Gasteiger partial charge on any atom is 0.274 e. The number of carbonyl (C=O) groups excluding carboxylic acids is 1. The van der Waals surface area contributed by atoms with E-state index in [-0.39, 0.29) is 17.7 Å². The molecule has 0 unspecified atom stereocenters. The van der Waals surface area contributed by atoms with Crippen LogP contribution in [0.15, 0.2) is 22.7 Å². The van der Waals surface area contributed by atoms with Gasteiger partial charge in [0, 0.05) is 11.4 Å². The van der Waals surface area contributed by atoms with Crippen molar-refractivity contribution in [1.29, 1.82) is 5.26 Å². The summed E-state index contributed by atoms with van der Waals surface area (Å²) in [6, 6.07) is 5.87. The smallest absolute Gasteiger partial charge is 0.274 e. The lowest BCUT2D eigenvalue weighted by Gasteiger charge is -2.19. The van der Waals surface area contributed by atoms with Crippen LogP contribution in [0, 0.1) is 11.3 Å². The number of hydrogen-bond acceptors (Lipinski definition) is 3. The summed E-state index contributed by atoms with van der Waals surface area (Å²) in [6.07, 6.45) is -1.25. The second-order valence-electron chi connectivity index (χ2n) is 4.09. The zero-order chi connectivity index (χ0) is 14.6. The Bertz CT molecular complexity index is 520. The van der Waals surface area contributed by atoms with E-state index >= 15 is 0 Å². The molecule has 0 fully saturated rings. The van der Waals surface area contributed by atoms with Crippen LogP contribution >= 0.6 is 15.9 Å². The Kier molecular flexibility index (Phi) is 5.01. The number of nitriles is 1. The number of rotatable bonds is 5. The molecule has 6 heteroatoms. The highest BCUT2D eigenvalue weighted by Crippen LogP contribution is 2.36. The van der Waals surface area contributed by atoms with Gasteiger partial charge in [0.05, 0.1) is 18.1 Å². The molecule has 0 aromatic heterocycles. The predicted octanol–water partition coefficient (Wildman–Crippen LogP) is 3.81. The summed E-state index contributed by atoms with van der Waals surface area (Å²) in [7, 11) is 0. The van der Waals surface area contributed by atoms with Gasteiger partial charge in [-0.2, -0.15) is 5.26 Å². The Morgan fingerprint density at radius 3 is 2.74 bits per heavy atom. The van der Waals surface area contributed by atoms with Crippen LogP contribution < -0.4 is 4.74 Å². The molecule has 0 saturated heterocycles. The van der Waals surface area contributed by atoms with Crippen molar-refractivity contribution >= 4 is 21.7 Å². The highest BCUT2D eigenvalue weighted by atomic mass is 79.9. The number of nitrogens with zero attached hydrogens (tertiary/aromatic N) is 1.